The molecule has 26 heavy (non-hydrogen) atoms. The van der Waals surface area contributed by atoms with E-state index in [0.29, 0.717) is 0 Å². The molecular formula is C23H25NOS. The summed E-state index contributed by atoms with van der Waals surface area (Å²) in [5.41, 5.74) is 3.12. The number of thiophene rings is 1. The van der Waals surface area contributed by atoms with Crippen LogP contribution < -0.4 is 0 Å². The summed E-state index contributed by atoms with van der Waals surface area (Å²) in [7, 11) is 0. The molecule has 4 aromatic rings. The molecule has 0 spiro atoms. The van der Waals surface area contributed by atoms with Crippen molar-refractivity contribution in [2.45, 2.75) is 51.9 Å². The summed E-state index contributed by atoms with van der Waals surface area (Å²) in [5, 5.41) is 1.33. The summed E-state index contributed by atoms with van der Waals surface area (Å²) >= 11 is 1.90. The molecule has 134 valence electrons. The maximum Gasteiger partial charge on any atom is 0.200 e. The molecule has 0 fully saturated rings. The SMILES string of the molecule is CC(C)(C)c1nc2ccc(CC(C)(C)c3cc4ccccc4s3)cc2o1. The van der Waals surface area contributed by atoms with Crippen LogP contribution >= 0.6 is 11.3 Å². The van der Waals surface area contributed by atoms with Crippen LogP contribution in [-0.2, 0) is 17.3 Å². The first-order valence-corrected chi connectivity index (χ1v) is 9.93. The zero-order valence-electron chi connectivity index (χ0n) is 16.1. The van der Waals surface area contributed by atoms with E-state index in [9.17, 15) is 0 Å². The molecule has 2 heterocycles. The van der Waals surface area contributed by atoms with Crippen LogP contribution in [0.2, 0.25) is 0 Å². The second-order valence-corrected chi connectivity index (χ2v) is 9.86. The van der Waals surface area contributed by atoms with E-state index in [-0.39, 0.29) is 10.8 Å². The van der Waals surface area contributed by atoms with Gasteiger partial charge in [0.05, 0.1) is 0 Å². The van der Waals surface area contributed by atoms with E-state index < -0.39 is 0 Å². The van der Waals surface area contributed by atoms with Gasteiger partial charge >= 0.3 is 0 Å². The lowest BCUT2D eigenvalue weighted by Crippen LogP contribution is -2.18. The van der Waals surface area contributed by atoms with E-state index in [4.69, 9.17) is 4.42 Å². The second-order valence-electron chi connectivity index (χ2n) is 8.78. The van der Waals surface area contributed by atoms with E-state index in [1.54, 1.807) is 0 Å². The Kier molecular flexibility index (Phi) is 3.96. The number of rotatable bonds is 3. The van der Waals surface area contributed by atoms with Crippen LogP contribution in [0.5, 0.6) is 0 Å². The first kappa shape index (κ1) is 17.3. The van der Waals surface area contributed by atoms with Gasteiger partial charge in [0.15, 0.2) is 5.58 Å². The largest absolute Gasteiger partial charge is 0.440 e. The number of aromatic nitrogens is 1. The summed E-state index contributed by atoms with van der Waals surface area (Å²) < 4.78 is 7.39. The molecule has 0 aliphatic heterocycles. The highest BCUT2D eigenvalue weighted by atomic mass is 32.1. The van der Waals surface area contributed by atoms with Gasteiger partial charge in [-0.15, -0.1) is 11.3 Å². The minimum atomic E-state index is -0.0739. The number of fused-ring (bicyclic) bond motifs is 2. The number of oxazole rings is 1. The van der Waals surface area contributed by atoms with Crippen molar-refractivity contribution in [2.24, 2.45) is 0 Å². The number of nitrogens with zero attached hydrogens (tertiary/aromatic N) is 1. The highest BCUT2D eigenvalue weighted by Crippen LogP contribution is 2.37. The lowest BCUT2D eigenvalue weighted by Gasteiger charge is -2.23. The van der Waals surface area contributed by atoms with Gasteiger partial charge in [-0.05, 0) is 41.6 Å². The molecule has 2 nitrogen and oxygen atoms in total. The Morgan fingerprint density at radius 2 is 1.73 bits per heavy atom. The molecule has 0 N–H and O–H groups in total. The molecule has 0 amide bonds. The van der Waals surface area contributed by atoms with Gasteiger partial charge in [0, 0.05) is 20.4 Å². The van der Waals surface area contributed by atoms with Crippen molar-refractivity contribution in [1.29, 1.82) is 0 Å². The molecule has 0 aliphatic rings. The molecule has 0 radical (unpaired) electrons. The Bertz CT molecular complexity index is 1050. The molecule has 2 aromatic carbocycles. The number of hydrogen-bond donors (Lipinski definition) is 0. The zero-order chi connectivity index (χ0) is 18.5. The van der Waals surface area contributed by atoms with Crippen LogP contribution in [0, 0.1) is 0 Å². The molecule has 0 atom stereocenters. The molecule has 4 rings (SSSR count). The predicted octanol–water partition coefficient (Wildman–Crippen LogP) is 6.86. The van der Waals surface area contributed by atoms with Gasteiger partial charge in [-0.2, -0.15) is 0 Å². The van der Waals surface area contributed by atoms with Gasteiger partial charge in [0.2, 0.25) is 5.89 Å². The highest BCUT2D eigenvalue weighted by molar-refractivity contribution is 7.19. The Hall–Kier alpha value is -2.13. The molecule has 0 aliphatic carbocycles. The van der Waals surface area contributed by atoms with Gasteiger partial charge in [-0.1, -0.05) is 58.9 Å². The van der Waals surface area contributed by atoms with Gasteiger partial charge in [-0.3, -0.25) is 0 Å². The van der Waals surface area contributed by atoms with Crippen molar-refractivity contribution < 1.29 is 4.42 Å². The van der Waals surface area contributed by atoms with Crippen LogP contribution in [0.1, 0.15) is 51.0 Å². The maximum atomic E-state index is 6.03. The summed E-state index contributed by atoms with van der Waals surface area (Å²) in [6, 6.07) is 17.4. The molecule has 3 heteroatoms. The summed E-state index contributed by atoms with van der Waals surface area (Å²) in [6.45, 7) is 11.0. The smallest absolute Gasteiger partial charge is 0.200 e. The molecule has 2 aromatic heterocycles. The Morgan fingerprint density at radius 1 is 0.962 bits per heavy atom. The third-order valence-electron chi connectivity index (χ3n) is 4.83. The summed E-state index contributed by atoms with van der Waals surface area (Å²) in [6.07, 6.45) is 0.974. The first-order valence-electron chi connectivity index (χ1n) is 9.11. The maximum absolute atomic E-state index is 6.03. The fourth-order valence-electron chi connectivity index (χ4n) is 3.31. The third kappa shape index (κ3) is 3.16. The average molecular weight is 364 g/mol. The second kappa shape index (κ2) is 5.95. The van der Waals surface area contributed by atoms with Gasteiger partial charge < -0.3 is 4.42 Å². The van der Waals surface area contributed by atoms with Crippen LogP contribution in [-0.4, -0.2) is 4.98 Å². The first-order chi connectivity index (χ1) is 12.2. The molecular weight excluding hydrogens is 338 g/mol. The van der Waals surface area contributed by atoms with Crippen molar-refractivity contribution in [2.75, 3.05) is 0 Å². The minimum absolute atomic E-state index is 0.0737. The van der Waals surface area contributed by atoms with Crippen molar-refractivity contribution >= 4 is 32.5 Å². The van der Waals surface area contributed by atoms with E-state index in [2.05, 4.69) is 88.1 Å². The van der Waals surface area contributed by atoms with Crippen molar-refractivity contribution in [3.05, 3.63) is 64.9 Å². The normalized spacial score (nSPS) is 13.0. The Morgan fingerprint density at radius 3 is 2.46 bits per heavy atom. The highest BCUT2D eigenvalue weighted by Gasteiger charge is 2.25. The van der Waals surface area contributed by atoms with E-state index in [1.165, 1.54) is 20.5 Å². The third-order valence-corrected chi connectivity index (χ3v) is 6.32. The topological polar surface area (TPSA) is 26.0 Å². The van der Waals surface area contributed by atoms with Gasteiger partial charge in [-0.25, -0.2) is 4.98 Å². The van der Waals surface area contributed by atoms with Crippen molar-refractivity contribution in [3.8, 4) is 0 Å². The van der Waals surface area contributed by atoms with E-state index >= 15 is 0 Å². The monoisotopic (exact) mass is 363 g/mol. The molecule has 0 saturated heterocycles. The van der Waals surface area contributed by atoms with Gasteiger partial charge in [0.1, 0.15) is 5.52 Å². The van der Waals surface area contributed by atoms with Crippen molar-refractivity contribution in [3.63, 3.8) is 0 Å². The lowest BCUT2D eigenvalue weighted by molar-refractivity contribution is 0.410. The van der Waals surface area contributed by atoms with Crippen LogP contribution in [0.3, 0.4) is 0 Å². The standard InChI is InChI=1S/C23H25NOS/c1-22(2,3)21-24-17-11-10-15(12-18(17)25-21)14-23(4,5)20-13-16-8-6-7-9-19(16)26-20/h6-13H,14H2,1-5H3. The minimum Gasteiger partial charge on any atom is -0.440 e. The molecule has 0 saturated carbocycles. The van der Waals surface area contributed by atoms with E-state index in [1.807, 2.05) is 11.3 Å². The average Bonchev–Trinajstić information content (AvgIpc) is 3.18. The summed E-state index contributed by atoms with van der Waals surface area (Å²) in [5.74, 6) is 0.799. The lowest BCUT2D eigenvalue weighted by atomic mass is 9.84. The molecule has 0 bridgehead atoms. The fourth-order valence-corrected chi connectivity index (χ4v) is 4.48. The van der Waals surface area contributed by atoms with Crippen LogP contribution in [0.4, 0.5) is 0 Å². The number of benzene rings is 2. The van der Waals surface area contributed by atoms with Gasteiger partial charge in [0.25, 0.3) is 0 Å². The fraction of sp³-hybridized carbons (Fsp3) is 0.348. The predicted molar refractivity (Wildman–Crippen MR) is 111 cm³/mol. The zero-order valence-corrected chi connectivity index (χ0v) is 16.9. The molecule has 0 unspecified atom stereocenters. The van der Waals surface area contributed by atoms with Crippen LogP contribution in [0.15, 0.2) is 52.9 Å². The van der Waals surface area contributed by atoms with Crippen molar-refractivity contribution in [1.82, 2.24) is 4.98 Å². The number of hydrogen-bond acceptors (Lipinski definition) is 3. The Labute approximate surface area is 158 Å². The Balaban J connectivity index is 1.66. The van der Waals surface area contributed by atoms with E-state index in [0.717, 1.165) is 23.4 Å². The summed E-state index contributed by atoms with van der Waals surface area (Å²) in [4.78, 5) is 6.07. The van der Waals surface area contributed by atoms with Crippen LogP contribution in [0.25, 0.3) is 21.2 Å². The quantitative estimate of drug-likeness (QED) is 0.397.